The molecule has 0 aliphatic carbocycles. The molecule has 2 N–H and O–H groups in total. The number of anilines is 1. The molecule has 0 spiro atoms. The van der Waals surface area contributed by atoms with Crippen molar-refractivity contribution < 1.29 is 19.1 Å². The first-order valence-electron chi connectivity index (χ1n) is 6.56. The van der Waals surface area contributed by atoms with Crippen LogP contribution in [0, 0.1) is 0 Å². The zero-order chi connectivity index (χ0) is 15.4. The van der Waals surface area contributed by atoms with Crippen LogP contribution < -0.4 is 10.6 Å². The van der Waals surface area contributed by atoms with E-state index in [-0.39, 0.29) is 22.6 Å². The Balaban J connectivity index is 2.07. The van der Waals surface area contributed by atoms with Crippen molar-refractivity contribution in [1.82, 2.24) is 5.32 Å². The van der Waals surface area contributed by atoms with Crippen LogP contribution in [0.1, 0.15) is 17.3 Å². The molecule has 0 aromatic heterocycles. The summed E-state index contributed by atoms with van der Waals surface area (Å²) in [5.41, 5.74) is 0.766. The number of amides is 1. The third-order valence-corrected chi connectivity index (χ3v) is 3.55. The predicted molar refractivity (Wildman–Crippen MR) is 78.6 cm³/mol. The first kappa shape index (κ1) is 15.8. The van der Waals surface area contributed by atoms with Gasteiger partial charge in [-0.15, -0.1) is 0 Å². The Morgan fingerprint density at radius 3 is 2.86 bits per heavy atom. The lowest BCUT2D eigenvalue weighted by molar-refractivity contribution is -0.123. The van der Waals surface area contributed by atoms with Crippen LogP contribution in [-0.2, 0) is 14.3 Å². The van der Waals surface area contributed by atoms with Gasteiger partial charge in [0.15, 0.2) is 0 Å². The van der Waals surface area contributed by atoms with Crippen LogP contribution in [0.4, 0.5) is 5.69 Å². The fraction of sp³-hybridized carbons (Fsp3) is 0.429. The van der Waals surface area contributed by atoms with Gasteiger partial charge in [0.2, 0.25) is 5.91 Å². The second kappa shape index (κ2) is 6.89. The zero-order valence-corrected chi connectivity index (χ0v) is 12.6. The fourth-order valence-corrected chi connectivity index (χ4v) is 2.37. The molecule has 0 saturated carbocycles. The molecular weight excluding hydrogens is 296 g/mol. The van der Waals surface area contributed by atoms with Gasteiger partial charge in [-0.1, -0.05) is 11.6 Å². The molecule has 114 valence electrons. The van der Waals surface area contributed by atoms with Crippen molar-refractivity contribution >= 4 is 29.2 Å². The SMILES string of the molecule is COC(=O)c1ccc(NC(=O)[C@H]2NCCO[C@@H]2C)cc1Cl. The normalized spacial score (nSPS) is 21.7. The zero-order valence-electron chi connectivity index (χ0n) is 11.8. The van der Waals surface area contributed by atoms with Crippen molar-refractivity contribution in [2.75, 3.05) is 25.6 Å². The lowest BCUT2D eigenvalue weighted by Gasteiger charge is -2.29. The van der Waals surface area contributed by atoms with E-state index < -0.39 is 12.0 Å². The Kier molecular flexibility index (Phi) is 5.17. The smallest absolute Gasteiger partial charge is 0.339 e. The third kappa shape index (κ3) is 3.72. The number of halogens is 1. The molecule has 1 fully saturated rings. The van der Waals surface area contributed by atoms with Gasteiger partial charge in [-0.05, 0) is 25.1 Å². The van der Waals surface area contributed by atoms with Crippen molar-refractivity contribution in [3.05, 3.63) is 28.8 Å². The van der Waals surface area contributed by atoms with Crippen LogP contribution in [0.5, 0.6) is 0 Å². The number of carbonyl (C=O) groups is 2. The molecular formula is C14H17ClN2O4. The predicted octanol–water partition coefficient (Wildman–Crippen LogP) is 1.44. The summed E-state index contributed by atoms with van der Waals surface area (Å²) in [6.45, 7) is 3.05. The maximum atomic E-state index is 12.2. The third-order valence-electron chi connectivity index (χ3n) is 3.24. The molecule has 1 heterocycles. The first-order valence-corrected chi connectivity index (χ1v) is 6.94. The molecule has 1 aromatic rings. The number of morpholine rings is 1. The van der Waals surface area contributed by atoms with Crippen LogP contribution in [0.15, 0.2) is 18.2 Å². The number of carbonyl (C=O) groups excluding carboxylic acids is 2. The molecule has 0 unspecified atom stereocenters. The minimum absolute atomic E-state index is 0.205. The lowest BCUT2D eigenvalue weighted by atomic mass is 10.1. The number of rotatable bonds is 3. The van der Waals surface area contributed by atoms with Crippen molar-refractivity contribution in [2.45, 2.75) is 19.1 Å². The van der Waals surface area contributed by atoms with Crippen molar-refractivity contribution in [1.29, 1.82) is 0 Å². The maximum Gasteiger partial charge on any atom is 0.339 e. The summed E-state index contributed by atoms with van der Waals surface area (Å²) >= 11 is 6.01. The van der Waals surface area contributed by atoms with E-state index in [1.165, 1.54) is 19.2 Å². The number of hydrogen-bond donors (Lipinski definition) is 2. The van der Waals surface area contributed by atoms with Gasteiger partial charge < -0.3 is 20.1 Å². The highest BCUT2D eigenvalue weighted by Gasteiger charge is 2.28. The molecule has 1 amide bonds. The van der Waals surface area contributed by atoms with Crippen molar-refractivity contribution in [2.24, 2.45) is 0 Å². The Hall–Kier alpha value is -1.63. The van der Waals surface area contributed by atoms with Crippen LogP contribution in [0.25, 0.3) is 0 Å². The van der Waals surface area contributed by atoms with E-state index in [1.807, 2.05) is 6.92 Å². The number of methoxy groups -OCH3 is 1. The second-order valence-corrected chi connectivity index (χ2v) is 5.09. The topological polar surface area (TPSA) is 76.7 Å². The summed E-state index contributed by atoms with van der Waals surface area (Å²) in [6, 6.07) is 4.21. The highest BCUT2D eigenvalue weighted by molar-refractivity contribution is 6.34. The van der Waals surface area contributed by atoms with E-state index in [4.69, 9.17) is 16.3 Å². The van der Waals surface area contributed by atoms with Crippen molar-refractivity contribution in [3.8, 4) is 0 Å². The molecule has 6 nitrogen and oxygen atoms in total. The average Bonchev–Trinajstić information content (AvgIpc) is 2.47. The van der Waals surface area contributed by atoms with E-state index in [2.05, 4.69) is 15.4 Å². The summed E-state index contributed by atoms with van der Waals surface area (Å²) in [4.78, 5) is 23.6. The van der Waals surface area contributed by atoms with Crippen LogP contribution in [0.3, 0.4) is 0 Å². The quantitative estimate of drug-likeness (QED) is 0.826. The van der Waals surface area contributed by atoms with Gasteiger partial charge in [0.05, 0.1) is 30.4 Å². The van der Waals surface area contributed by atoms with E-state index in [1.54, 1.807) is 6.07 Å². The molecule has 0 radical (unpaired) electrons. The molecule has 2 atom stereocenters. The fourth-order valence-electron chi connectivity index (χ4n) is 2.12. The summed E-state index contributed by atoms with van der Waals surface area (Å²) in [5.74, 6) is -0.724. The highest BCUT2D eigenvalue weighted by atomic mass is 35.5. The molecule has 7 heteroatoms. The molecule has 21 heavy (non-hydrogen) atoms. The maximum absolute atomic E-state index is 12.2. The number of hydrogen-bond acceptors (Lipinski definition) is 5. The average molecular weight is 313 g/mol. The Bertz CT molecular complexity index is 550. The first-order chi connectivity index (χ1) is 10.0. The number of esters is 1. The van der Waals surface area contributed by atoms with Crippen LogP contribution in [0.2, 0.25) is 5.02 Å². The Morgan fingerprint density at radius 1 is 1.48 bits per heavy atom. The molecule has 1 aromatic carbocycles. The van der Waals surface area contributed by atoms with E-state index in [0.29, 0.717) is 18.8 Å². The van der Waals surface area contributed by atoms with Gasteiger partial charge >= 0.3 is 5.97 Å². The van der Waals surface area contributed by atoms with Gasteiger partial charge in [-0.3, -0.25) is 4.79 Å². The number of benzene rings is 1. The summed E-state index contributed by atoms with van der Waals surface area (Å²) < 4.78 is 10.0. The van der Waals surface area contributed by atoms with E-state index in [0.717, 1.165) is 0 Å². The monoisotopic (exact) mass is 312 g/mol. The largest absolute Gasteiger partial charge is 0.465 e. The molecule has 2 rings (SSSR count). The number of ether oxygens (including phenoxy) is 2. The van der Waals surface area contributed by atoms with Gasteiger partial charge in [0.1, 0.15) is 6.04 Å². The summed E-state index contributed by atoms with van der Waals surface area (Å²) in [5, 5.41) is 6.07. The van der Waals surface area contributed by atoms with Gasteiger partial charge in [-0.25, -0.2) is 4.79 Å². The lowest BCUT2D eigenvalue weighted by Crippen LogP contribution is -2.53. The Labute approximate surface area is 127 Å². The van der Waals surface area contributed by atoms with E-state index >= 15 is 0 Å². The summed E-state index contributed by atoms with van der Waals surface area (Å²) in [7, 11) is 1.28. The number of nitrogens with one attached hydrogen (secondary N) is 2. The standard InChI is InChI=1S/C14H17ClN2O4/c1-8-12(16-5-6-21-8)13(18)17-9-3-4-10(11(15)7-9)14(19)20-2/h3-4,7-8,12,16H,5-6H2,1-2H3,(H,17,18)/t8-,12+/m1/s1. The van der Waals surface area contributed by atoms with Gasteiger partial charge in [-0.2, -0.15) is 0 Å². The minimum atomic E-state index is -0.520. The van der Waals surface area contributed by atoms with Crippen LogP contribution in [-0.4, -0.2) is 44.3 Å². The minimum Gasteiger partial charge on any atom is -0.465 e. The van der Waals surface area contributed by atoms with Gasteiger partial charge in [0, 0.05) is 12.2 Å². The molecule has 1 aliphatic heterocycles. The molecule has 0 bridgehead atoms. The highest BCUT2D eigenvalue weighted by Crippen LogP contribution is 2.22. The summed E-state index contributed by atoms with van der Waals surface area (Å²) in [6.07, 6.45) is -0.205. The van der Waals surface area contributed by atoms with Crippen LogP contribution >= 0.6 is 11.6 Å². The second-order valence-electron chi connectivity index (χ2n) is 4.68. The van der Waals surface area contributed by atoms with Gasteiger partial charge in [0.25, 0.3) is 0 Å². The Morgan fingerprint density at radius 2 is 2.24 bits per heavy atom. The van der Waals surface area contributed by atoms with Crippen molar-refractivity contribution in [3.63, 3.8) is 0 Å². The molecule has 1 aliphatic rings. The molecule has 1 saturated heterocycles. The van der Waals surface area contributed by atoms with E-state index in [9.17, 15) is 9.59 Å².